The van der Waals surface area contributed by atoms with Crippen LogP contribution >= 0.6 is 34.4 Å². The Labute approximate surface area is 176 Å². The monoisotopic (exact) mass is 460 g/mol. The van der Waals surface area contributed by atoms with E-state index in [0.717, 1.165) is 6.42 Å². The van der Waals surface area contributed by atoms with Crippen molar-refractivity contribution in [3.63, 3.8) is 0 Å². The number of rotatable bonds is 9. The molecule has 6 nitrogen and oxygen atoms in total. The Hall–Kier alpha value is -2.31. The Balaban J connectivity index is 1.41. The molecule has 0 aliphatic heterocycles. The first kappa shape index (κ1) is 21.4. The fourth-order valence-corrected chi connectivity index (χ4v) is 4.45. The van der Waals surface area contributed by atoms with E-state index in [1.54, 1.807) is 11.3 Å². The Morgan fingerprint density at radius 1 is 1.17 bits per heavy atom. The van der Waals surface area contributed by atoms with Crippen LogP contribution in [0.25, 0.3) is 0 Å². The Bertz CT molecular complexity index is 915. The minimum Gasteiger partial charge on any atom is -0.406 e. The van der Waals surface area contributed by atoms with Gasteiger partial charge in [0.2, 0.25) is 11.0 Å². The zero-order valence-corrected chi connectivity index (χ0v) is 17.2. The van der Waals surface area contributed by atoms with Crippen molar-refractivity contribution in [1.29, 1.82) is 0 Å². The maximum Gasteiger partial charge on any atom is 0.573 e. The van der Waals surface area contributed by atoms with E-state index in [1.807, 2.05) is 17.5 Å². The van der Waals surface area contributed by atoms with Gasteiger partial charge in [0, 0.05) is 17.1 Å². The summed E-state index contributed by atoms with van der Waals surface area (Å²) in [4.78, 5) is 13.1. The van der Waals surface area contributed by atoms with Gasteiger partial charge in [-0.2, -0.15) is 0 Å². The van der Waals surface area contributed by atoms with Crippen molar-refractivity contribution in [2.75, 3.05) is 17.6 Å². The molecule has 0 bridgehead atoms. The number of benzene rings is 1. The van der Waals surface area contributed by atoms with Crippen LogP contribution in [0.4, 0.5) is 24.0 Å². The molecule has 0 unspecified atom stereocenters. The van der Waals surface area contributed by atoms with Crippen molar-refractivity contribution < 1.29 is 22.7 Å². The molecular weight excluding hydrogens is 445 g/mol. The predicted octanol–water partition coefficient (Wildman–Crippen LogP) is 4.69. The number of halogens is 3. The first-order valence-electron chi connectivity index (χ1n) is 8.25. The number of hydrogen-bond donors (Lipinski definition) is 2. The number of amides is 1. The van der Waals surface area contributed by atoms with E-state index in [9.17, 15) is 18.0 Å². The minimum absolute atomic E-state index is 0.0866. The third kappa shape index (κ3) is 7.55. The molecule has 0 aliphatic rings. The lowest BCUT2D eigenvalue weighted by molar-refractivity contribution is -0.274. The lowest BCUT2D eigenvalue weighted by Crippen LogP contribution is -2.27. The van der Waals surface area contributed by atoms with Crippen molar-refractivity contribution in [3.05, 3.63) is 46.7 Å². The fraction of sp³-hybridized carbons (Fsp3) is 0.235. The van der Waals surface area contributed by atoms with Crippen LogP contribution in [0.3, 0.4) is 0 Å². The summed E-state index contributed by atoms with van der Waals surface area (Å²) < 4.78 is 40.9. The van der Waals surface area contributed by atoms with Crippen LogP contribution in [0.1, 0.15) is 4.88 Å². The first-order valence-corrected chi connectivity index (χ1v) is 10.9. The van der Waals surface area contributed by atoms with Crippen LogP contribution in [0, 0.1) is 0 Å². The number of ether oxygens (including phenoxy) is 1. The molecule has 1 amide bonds. The zero-order chi connectivity index (χ0) is 20.7. The molecule has 12 heteroatoms. The number of alkyl halides is 3. The van der Waals surface area contributed by atoms with Crippen molar-refractivity contribution in [3.8, 4) is 5.75 Å². The maximum absolute atomic E-state index is 12.2. The third-order valence-corrected chi connectivity index (χ3v) is 6.25. The predicted molar refractivity (Wildman–Crippen MR) is 108 cm³/mol. The molecule has 29 heavy (non-hydrogen) atoms. The molecule has 0 atom stereocenters. The highest BCUT2D eigenvalue weighted by atomic mass is 32.2. The summed E-state index contributed by atoms with van der Waals surface area (Å²) in [6.07, 6.45) is -3.93. The van der Waals surface area contributed by atoms with Gasteiger partial charge in [-0.1, -0.05) is 29.2 Å². The average Bonchev–Trinajstić information content (AvgIpc) is 3.32. The molecule has 3 aromatic rings. The van der Waals surface area contributed by atoms with Crippen LogP contribution < -0.4 is 15.4 Å². The van der Waals surface area contributed by atoms with Crippen LogP contribution in [0.15, 0.2) is 46.1 Å². The molecule has 2 aromatic heterocycles. The second-order valence-corrected chi connectivity index (χ2v) is 8.77. The molecule has 0 aliphatic carbocycles. The van der Waals surface area contributed by atoms with Crippen molar-refractivity contribution in [2.24, 2.45) is 0 Å². The lowest BCUT2D eigenvalue weighted by Gasteiger charge is -2.09. The summed E-state index contributed by atoms with van der Waals surface area (Å²) >= 11 is 4.17. The first-order chi connectivity index (χ1) is 13.9. The molecule has 154 valence electrons. The van der Waals surface area contributed by atoms with Gasteiger partial charge >= 0.3 is 6.36 Å². The molecule has 0 saturated heterocycles. The van der Waals surface area contributed by atoms with E-state index in [0.29, 0.717) is 21.7 Å². The highest BCUT2D eigenvalue weighted by Crippen LogP contribution is 2.29. The highest BCUT2D eigenvalue weighted by Gasteiger charge is 2.30. The van der Waals surface area contributed by atoms with E-state index in [1.165, 1.54) is 52.2 Å². The second-order valence-electron chi connectivity index (χ2n) is 5.54. The second kappa shape index (κ2) is 9.94. The van der Waals surface area contributed by atoms with Crippen LogP contribution in [-0.4, -0.2) is 34.8 Å². The number of nitrogens with one attached hydrogen (secondary N) is 2. The van der Waals surface area contributed by atoms with Gasteiger partial charge in [0.05, 0.1) is 5.75 Å². The van der Waals surface area contributed by atoms with Gasteiger partial charge in [0.15, 0.2) is 4.34 Å². The Morgan fingerprint density at radius 2 is 1.97 bits per heavy atom. The van der Waals surface area contributed by atoms with Crippen molar-refractivity contribution in [1.82, 2.24) is 15.5 Å². The van der Waals surface area contributed by atoms with Crippen molar-refractivity contribution in [2.45, 2.75) is 17.1 Å². The Morgan fingerprint density at radius 3 is 2.66 bits per heavy atom. The molecule has 2 N–H and O–H groups in total. The number of aromatic nitrogens is 2. The number of carbonyl (C=O) groups is 1. The van der Waals surface area contributed by atoms with E-state index < -0.39 is 6.36 Å². The van der Waals surface area contributed by atoms with Gasteiger partial charge in [0.25, 0.3) is 0 Å². The van der Waals surface area contributed by atoms with E-state index in [-0.39, 0.29) is 17.4 Å². The quantitative estimate of drug-likeness (QED) is 0.451. The molecule has 3 rings (SSSR count). The average molecular weight is 461 g/mol. The topological polar surface area (TPSA) is 76.1 Å². The molecule has 2 heterocycles. The van der Waals surface area contributed by atoms with Gasteiger partial charge < -0.3 is 15.4 Å². The van der Waals surface area contributed by atoms with Crippen LogP contribution in [0.5, 0.6) is 5.75 Å². The summed E-state index contributed by atoms with van der Waals surface area (Å²) in [5, 5.41) is 16.2. The van der Waals surface area contributed by atoms with E-state index >= 15 is 0 Å². The molecule has 0 spiro atoms. The fourth-order valence-electron chi connectivity index (χ4n) is 2.14. The minimum atomic E-state index is -4.73. The SMILES string of the molecule is O=C(CSc1nnc(Nc2ccc(OC(F)(F)F)cc2)s1)NCCc1cccs1. The summed E-state index contributed by atoms with van der Waals surface area (Å²) in [7, 11) is 0. The van der Waals surface area contributed by atoms with Gasteiger partial charge in [-0.05, 0) is 42.1 Å². The largest absolute Gasteiger partial charge is 0.573 e. The third-order valence-electron chi connectivity index (χ3n) is 3.35. The summed E-state index contributed by atoms with van der Waals surface area (Å²) in [5.74, 6) is -0.166. The van der Waals surface area contributed by atoms with Gasteiger partial charge in [-0.15, -0.1) is 34.7 Å². The summed E-state index contributed by atoms with van der Waals surface area (Å²) in [6, 6.07) is 9.29. The van der Waals surface area contributed by atoms with Gasteiger partial charge in [0.1, 0.15) is 5.75 Å². The lowest BCUT2D eigenvalue weighted by atomic mass is 10.3. The summed E-state index contributed by atoms with van der Waals surface area (Å²) in [5.41, 5.74) is 0.540. The zero-order valence-electron chi connectivity index (χ0n) is 14.7. The van der Waals surface area contributed by atoms with Crippen molar-refractivity contribution >= 4 is 51.2 Å². The number of carbonyl (C=O) groups excluding carboxylic acids is 1. The number of thioether (sulfide) groups is 1. The van der Waals surface area contributed by atoms with Crippen LogP contribution in [0.2, 0.25) is 0 Å². The molecule has 0 fully saturated rings. The number of nitrogens with zero attached hydrogens (tertiary/aromatic N) is 2. The van der Waals surface area contributed by atoms with E-state index in [4.69, 9.17) is 0 Å². The maximum atomic E-state index is 12.2. The van der Waals surface area contributed by atoms with Crippen LogP contribution in [-0.2, 0) is 11.2 Å². The number of hydrogen-bond acceptors (Lipinski definition) is 8. The van der Waals surface area contributed by atoms with Gasteiger partial charge in [-0.3, -0.25) is 4.79 Å². The number of anilines is 2. The molecule has 0 saturated carbocycles. The molecule has 1 aromatic carbocycles. The standard InChI is InChI=1S/C17H15F3N4O2S3/c18-17(19,20)26-12-5-3-11(4-6-12)22-15-23-24-16(29-15)28-10-14(25)21-8-7-13-2-1-9-27-13/h1-6,9H,7-8,10H2,(H,21,25)(H,22,23). The number of thiophene rings is 1. The normalized spacial score (nSPS) is 11.3. The van der Waals surface area contributed by atoms with Gasteiger partial charge in [-0.25, -0.2) is 0 Å². The molecule has 0 radical (unpaired) electrons. The summed E-state index contributed by atoms with van der Waals surface area (Å²) in [6.45, 7) is 0.580. The van der Waals surface area contributed by atoms with E-state index in [2.05, 4.69) is 25.6 Å². The smallest absolute Gasteiger partial charge is 0.406 e. The Kier molecular flexibility index (Phi) is 7.34. The highest BCUT2D eigenvalue weighted by molar-refractivity contribution is 8.01. The molecular formula is C17H15F3N4O2S3.